The molecule has 0 radical (unpaired) electrons. The van der Waals surface area contributed by atoms with Crippen molar-refractivity contribution in [3.8, 4) is 0 Å². The Hall–Kier alpha value is -0.460. The van der Waals surface area contributed by atoms with Gasteiger partial charge < -0.3 is 10.5 Å². The molecular formula is C10H15N3OS2. The molecule has 0 aromatic carbocycles. The maximum Gasteiger partial charge on any atom is 0.190 e. The number of hydrogen-bond donors (Lipinski definition) is 1. The maximum absolute atomic E-state index is 5.71. The van der Waals surface area contributed by atoms with Crippen LogP contribution in [0.15, 0.2) is 16.2 Å². The molecule has 1 aromatic heterocycles. The molecule has 1 saturated heterocycles. The lowest BCUT2D eigenvalue weighted by molar-refractivity contribution is 0.129. The van der Waals surface area contributed by atoms with Crippen LogP contribution in [-0.2, 0) is 4.74 Å². The Morgan fingerprint density at radius 3 is 3.12 bits per heavy atom. The summed E-state index contributed by atoms with van der Waals surface area (Å²) >= 11 is 3.20. The van der Waals surface area contributed by atoms with Crippen molar-refractivity contribution in [2.24, 2.45) is 0 Å². The molecule has 1 aromatic rings. The van der Waals surface area contributed by atoms with Crippen LogP contribution in [-0.4, -0.2) is 34.7 Å². The van der Waals surface area contributed by atoms with Gasteiger partial charge in [0.05, 0.1) is 6.10 Å². The van der Waals surface area contributed by atoms with Crippen molar-refractivity contribution in [3.63, 3.8) is 0 Å². The van der Waals surface area contributed by atoms with E-state index < -0.39 is 0 Å². The molecule has 4 nitrogen and oxygen atoms in total. The fourth-order valence-electron chi connectivity index (χ4n) is 1.54. The van der Waals surface area contributed by atoms with Gasteiger partial charge in [-0.2, -0.15) is 0 Å². The first-order chi connectivity index (χ1) is 7.78. The maximum atomic E-state index is 5.71. The predicted octanol–water partition coefficient (Wildman–Crippen LogP) is 2.05. The van der Waals surface area contributed by atoms with Crippen LogP contribution in [0.3, 0.4) is 0 Å². The summed E-state index contributed by atoms with van der Waals surface area (Å²) in [6.07, 6.45) is 4.65. The van der Waals surface area contributed by atoms with Crippen LogP contribution in [0.25, 0.3) is 0 Å². The smallest absolute Gasteiger partial charge is 0.190 e. The second kappa shape index (κ2) is 5.75. The molecule has 1 aliphatic heterocycles. The van der Waals surface area contributed by atoms with Gasteiger partial charge >= 0.3 is 0 Å². The summed E-state index contributed by atoms with van der Waals surface area (Å²) in [4.78, 5) is 8.51. The standard InChI is InChI=1S/C10H15N3OS2/c1-15-10-12-8(11)5-9(13-10)16-6-7-3-2-4-14-7/h5,7H,2-4,6H2,1H3,(H2,11,12,13). The van der Waals surface area contributed by atoms with E-state index in [4.69, 9.17) is 10.5 Å². The van der Waals surface area contributed by atoms with E-state index in [2.05, 4.69) is 9.97 Å². The highest BCUT2D eigenvalue weighted by atomic mass is 32.2. The van der Waals surface area contributed by atoms with Crippen molar-refractivity contribution >= 4 is 29.3 Å². The van der Waals surface area contributed by atoms with Gasteiger partial charge in [-0.1, -0.05) is 11.8 Å². The predicted molar refractivity (Wildman–Crippen MR) is 67.9 cm³/mol. The molecule has 88 valence electrons. The molecule has 2 heterocycles. The molecule has 1 atom stereocenters. The van der Waals surface area contributed by atoms with Crippen LogP contribution in [0.2, 0.25) is 0 Å². The van der Waals surface area contributed by atoms with Gasteiger partial charge in [0.2, 0.25) is 0 Å². The summed E-state index contributed by atoms with van der Waals surface area (Å²) in [6, 6.07) is 1.82. The summed E-state index contributed by atoms with van der Waals surface area (Å²) in [5.74, 6) is 1.48. The van der Waals surface area contributed by atoms with E-state index in [1.807, 2.05) is 12.3 Å². The number of nitrogens with zero attached hydrogens (tertiary/aromatic N) is 2. The molecular weight excluding hydrogens is 242 g/mol. The topological polar surface area (TPSA) is 61.0 Å². The average Bonchev–Trinajstić information content (AvgIpc) is 2.78. The number of aromatic nitrogens is 2. The highest BCUT2D eigenvalue weighted by molar-refractivity contribution is 7.99. The van der Waals surface area contributed by atoms with Crippen LogP contribution in [0, 0.1) is 0 Å². The van der Waals surface area contributed by atoms with E-state index in [1.54, 1.807) is 11.8 Å². The molecule has 0 spiro atoms. The molecule has 2 N–H and O–H groups in total. The van der Waals surface area contributed by atoms with Crippen LogP contribution in [0.4, 0.5) is 5.82 Å². The molecule has 0 amide bonds. The lowest BCUT2D eigenvalue weighted by Gasteiger charge is -2.08. The summed E-state index contributed by atoms with van der Waals surface area (Å²) in [5, 5.41) is 1.67. The Morgan fingerprint density at radius 1 is 1.56 bits per heavy atom. The number of nitrogens with two attached hydrogens (primary N) is 1. The number of rotatable bonds is 4. The van der Waals surface area contributed by atoms with Crippen molar-refractivity contribution in [2.75, 3.05) is 24.3 Å². The van der Waals surface area contributed by atoms with E-state index in [9.17, 15) is 0 Å². The van der Waals surface area contributed by atoms with Gasteiger partial charge in [0.25, 0.3) is 0 Å². The van der Waals surface area contributed by atoms with Crippen LogP contribution in [0.1, 0.15) is 12.8 Å². The number of ether oxygens (including phenoxy) is 1. The summed E-state index contributed by atoms with van der Waals surface area (Å²) < 4.78 is 5.56. The highest BCUT2D eigenvalue weighted by Crippen LogP contribution is 2.24. The van der Waals surface area contributed by atoms with Gasteiger partial charge in [-0.05, 0) is 19.1 Å². The normalized spacial score (nSPS) is 20.2. The first-order valence-electron chi connectivity index (χ1n) is 5.21. The Balaban J connectivity index is 1.94. The third-order valence-corrected chi connectivity index (χ3v) is 3.92. The van der Waals surface area contributed by atoms with Gasteiger partial charge in [0.15, 0.2) is 5.16 Å². The average molecular weight is 257 g/mol. The Kier molecular flexibility index (Phi) is 4.31. The second-order valence-corrected chi connectivity index (χ2v) is 5.38. The zero-order chi connectivity index (χ0) is 11.4. The van der Waals surface area contributed by atoms with Gasteiger partial charge in [0.1, 0.15) is 10.8 Å². The highest BCUT2D eigenvalue weighted by Gasteiger charge is 2.16. The Morgan fingerprint density at radius 2 is 2.44 bits per heavy atom. The van der Waals surface area contributed by atoms with Gasteiger partial charge in [-0.3, -0.25) is 0 Å². The number of hydrogen-bond acceptors (Lipinski definition) is 6. The largest absolute Gasteiger partial charge is 0.384 e. The lowest BCUT2D eigenvalue weighted by Crippen LogP contribution is -2.08. The Bertz CT molecular complexity index is 356. The minimum Gasteiger partial charge on any atom is -0.384 e. The van der Waals surface area contributed by atoms with Gasteiger partial charge in [0, 0.05) is 18.4 Å². The van der Waals surface area contributed by atoms with Crippen LogP contribution < -0.4 is 5.73 Å². The third kappa shape index (κ3) is 3.26. The van der Waals surface area contributed by atoms with Crippen molar-refractivity contribution < 1.29 is 4.74 Å². The van der Waals surface area contributed by atoms with Crippen molar-refractivity contribution in [2.45, 2.75) is 29.1 Å². The van der Waals surface area contributed by atoms with Gasteiger partial charge in [-0.25, -0.2) is 9.97 Å². The van der Waals surface area contributed by atoms with Crippen molar-refractivity contribution in [3.05, 3.63) is 6.07 Å². The minimum atomic E-state index is 0.374. The fraction of sp³-hybridized carbons (Fsp3) is 0.600. The van der Waals surface area contributed by atoms with E-state index in [-0.39, 0.29) is 0 Å². The lowest BCUT2D eigenvalue weighted by atomic mass is 10.3. The summed E-state index contributed by atoms with van der Waals surface area (Å²) in [7, 11) is 0. The van der Waals surface area contributed by atoms with E-state index in [0.29, 0.717) is 11.9 Å². The molecule has 16 heavy (non-hydrogen) atoms. The Labute approximate surface area is 104 Å². The molecule has 6 heteroatoms. The summed E-state index contributed by atoms with van der Waals surface area (Å²) in [5.41, 5.74) is 5.71. The second-order valence-electron chi connectivity index (χ2n) is 3.56. The zero-order valence-electron chi connectivity index (χ0n) is 9.18. The monoisotopic (exact) mass is 257 g/mol. The van der Waals surface area contributed by atoms with Crippen LogP contribution in [0.5, 0.6) is 0 Å². The van der Waals surface area contributed by atoms with E-state index >= 15 is 0 Å². The fourth-order valence-corrected chi connectivity index (χ4v) is 2.96. The van der Waals surface area contributed by atoms with Crippen molar-refractivity contribution in [1.29, 1.82) is 0 Å². The molecule has 0 aliphatic carbocycles. The van der Waals surface area contributed by atoms with E-state index in [0.717, 1.165) is 29.0 Å². The number of nitrogen functional groups attached to an aromatic ring is 1. The minimum absolute atomic E-state index is 0.374. The first-order valence-corrected chi connectivity index (χ1v) is 7.42. The van der Waals surface area contributed by atoms with E-state index in [1.165, 1.54) is 18.2 Å². The number of thioether (sulfide) groups is 2. The molecule has 0 saturated carbocycles. The zero-order valence-corrected chi connectivity index (χ0v) is 10.8. The quantitative estimate of drug-likeness (QED) is 0.506. The molecule has 1 unspecified atom stereocenters. The first kappa shape index (κ1) is 12.0. The summed E-state index contributed by atoms with van der Waals surface area (Å²) in [6.45, 7) is 0.896. The van der Waals surface area contributed by atoms with Crippen LogP contribution >= 0.6 is 23.5 Å². The molecule has 0 bridgehead atoms. The van der Waals surface area contributed by atoms with Crippen molar-refractivity contribution in [1.82, 2.24) is 9.97 Å². The molecule has 1 aliphatic rings. The molecule has 1 fully saturated rings. The SMILES string of the molecule is CSc1nc(N)cc(SCC2CCCO2)n1. The molecule has 2 rings (SSSR count). The number of anilines is 1. The van der Waals surface area contributed by atoms with Gasteiger partial charge in [-0.15, -0.1) is 11.8 Å². The third-order valence-electron chi connectivity index (χ3n) is 2.33.